The van der Waals surface area contributed by atoms with Gasteiger partial charge in [0, 0.05) is 16.4 Å². The Balaban J connectivity index is 1.59. The first kappa shape index (κ1) is 18.4. The van der Waals surface area contributed by atoms with E-state index in [1.165, 1.54) is 44.5 Å². The molecule has 0 atom stereocenters. The van der Waals surface area contributed by atoms with E-state index in [1.807, 2.05) is 6.07 Å². The molecule has 0 amide bonds. The van der Waals surface area contributed by atoms with Gasteiger partial charge in [0.25, 0.3) is 0 Å². The van der Waals surface area contributed by atoms with Crippen molar-refractivity contribution in [3.63, 3.8) is 0 Å². The third kappa shape index (κ3) is 2.27. The molecule has 4 aromatic rings. The zero-order valence-electron chi connectivity index (χ0n) is 18.5. The quantitative estimate of drug-likeness (QED) is 0.346. The fraction of sp³-hybridized carbons (Fsp3) is 0.200. The molecule has 0 spiro atoms. The van der Waals surface area contributed by atoms with Gasteiger partial charge in [0.05, 0.1) is 0 Å². The summed E-state index contributed by atoms with van der Waals surface area (Å²) in [6.45, 7) is 9.20. The Kier molecular flexibility index (Phi) is 3.50. The number of hydrogen-bond acceptors (Lipinski definition) is 1. The second-order valence-electron chi connectivity index (χ2n) is 9.98. The third-order valence-corrected chi connectivity index (χ3v) is 7.57. The van der Waals surface area contributed by atoms with Gasteiger partial charge in [0.2, 0.25) is 0 Å². The highest BCUT2D eigenvalue weighted by Crippen LogP contribution is 2.55. The molecule has 2 aliphatic carbocycles. The number of fused-ring (bicyclic) bond motifs is 6. The predicted octanol–water partition coefficient (Wildman–Crippen LogP) is 7.67. The highest BCUT2D eigenvalue weighted by atomic mass is 16.3. The van der Waals surface area contributed by atoms with E-state index in [9.17, 15) is 5.11 Å². The molecule has 0 aliphatic heterocycles. The SMILES string of the molecule is CC1(C)c2cc(-c3cccc4c3C(C)(C)c3ccccc3-4)ccc2-c2c(O)cccc21. The zero-order chi connectivity index (χ0) is 21.5. The number of benzene rings is 4. The number of phenolic OH excluding ortho intramolecular Hbond substituents is 1. The van der Waals surface area contributed by atoms with Gasteiger partial charge < -0.3 is 5.11 Å². The summed E-state index contributed by atoms with van der Waals surface area (Å²) in [5.41, 5.74) is 12.5. The van der Waals surface area contributed by atoms with Crippen LogP contribution in [0.4, 0.5) is 0 Å². The fourth-order valence-corrected chi connectivity index (χ4v) is 6.02. The Morgan fingerprint density at radius 2 is 1.23 bits per heavy atom. The molecule has 1 heteroatoms. The van der Waals surface area contributed by atoms with Gasteiger partial charge >= 0.3 is 0 Å². The Bertz CT molecular complexity index is 1390. The van der Waals surface area contributed by atoms with Crippen molar-refractivity contribution < 1.29 is 5.11 Å². The van der Waals surface area contributed by atoms with Crippen molar-refractivity contribution in [2.45, 2.75) is 38.5 Å². The van der Waals surface area contributed by atoms with Crippen LogP contribution in [0.25, 0.3) is 33.4 Å². The fourth-order valence-electron chi connectivity index (χ4n) is 6.02. The van der Waals surface area contributed by atoms with Gasteiger partial charge in [-0.2, -0.15) is 0 Å². The monoisotopic (exact) mass is 402 g/mol. The number of rotatable bonds is 1. The van der Waals surface area contributed by atoms with E-state index in [4.69, 9.17) is 0 Å². The van der Waals surface area contributed by atoms with Crippen molar-refractivity contribution in [1.82, 2.24) is 0 Å². The topological polar surface area (TPSA) is 20.2 Å². The minimum absolute atomic E-state index is 0.0434. The van der Waals surface area contributed by atoms with Crippen LogP contribution in [0.3, 0.4) is 0 Å². The first-order valence-electron chi connectivity index (χ1n) is 11.0. The maximum Gasteiger partial charge on any atom is 0.123 e. The molecule has 6 rings (SSSR count). The van der Waals surface area contributed by atoms with Crippen LogP contribution >= 0.6 is 0 Å². The van der Waals surface area contributed by atoms with Crippen LogP contribution in [0.15, 0.2) is 78.9 Å². The average Bonchev–Trinajstić information content (AvgIpc) is 3.15. The highest BCUT2D eigenvalue weighted by Gasteiger charge is 2.39. The van der Waals surface area contributed by atoms with Crippen LogP contribution in [-0.4, -0.2) is 5.11 Å². The minimum Gasteiger partial charge on any atom is -0.507 e. The summed E-state index contributed by atoms with van der Waals surface area (Å²) >= 11 is 0. The molecule has 0 radical (unpaired) electrons. The number of phenols is 1. The second kappa shape index (κ2) is 5.88. The molecule has 31 heavy (non-hydrogen) atoms. The summed E-state index contributed by atoms with van der Waals surface area (Å²) in [6, 6.07) is 28.2. The summed E-state index contributed by atoms with van der Waals surface area (Å²) in [5, 5.41) is 10.6. The van der Waals surface area contributed by atoms with Gasteiger partial charge in [-0.15, -0.1) is 0 Å². The van der Waals surface area contributed by atoms with Gasteiger partial charge in [-0.1, -0.05) is 94.4 Å². The third-order valence-electron chi connectivity index (χ3n) is 7.57. The Morgan fingerprint density at radius 3 is 2.06 bits per heavy atom. The lowest BCUT2D eigenvalue weighted by molar-refractivity contribution is 0.476. The second-order valence-corrected chi connectivity index (χ2v) is 9.98. The van der Waals surface area contributed by atoms with E-state index in [0.29, 0.717) is 5.75 Å². The molecule has 0 heterocycles. The largest absolute Gasteiger partial charge is 0.507 e. The molecule has 0 saturated heterocycles. The molecule has 1 N–H and O–H groups in total. The van der Waals surface area contributed by atoms with Crippen LogP contribution in [0, 0.1) is 0 Å². The van der Waals surface area contributed by atoms with Crippen molar-refractivity contribution in [2.75, 3.05) is 0 Å². The maximum atomic E-state index is 10.6. The molecular weight excluding hydrogens is 376 g/mol. The summed E-state index contributed by atoms with van der Waals surface area (Å²) < 4.78 is 0. The number of aromatic hydroxyl groups is 1. The molecule has 0 aromatic heterocycles. The van der Waals surface area contributed by atoms with E-state index in [0.717, 1.165) is 11.1 Å². The van der Waals surface area contributed by atoms with Crippen molar-refractivity contribution in [3.8, 4) is 39.1 Å². The molecule has 0 unspecified atom stereocenters. The smallest absolute Gasteiger partial charge is 0.123 e. The molecule has 2 aliphatic rings. The van der Waals surface area contributed by atoms with Crippen LogP contribution in [0.5, 0.6) is 5.75 Å². The van der Waals surface area contributed by atoms with Crippen molar-refractivity contribution in [1.29, 1.82) is 0 Å². The van der Waals surface area contributed by atoms with E-state index in [2.05, 4.69) is 94.4 Å². The molecule has 0 saturated carbocycles. The molecule has 4 aromatic carbocycles. The lowest BCUT2D eigenvalue weighted by Gasteiger charge is -2.26. The maximum absolute atomic E-state index is 10.6. The molecule has 0 bridgehead atoms. The molecule has 0 fully saturated rings. The van der Waals surface area contributed by atoms with Gasteiger partial charge in [-0.25, -0.2) is 0 Å². The van der Waals surface area contributed by atoms with Crippen LogP contribution in [0.1, 0.15) is 49.9 Å². The summed E-state index contributed by atoms with van der Waals surface area (Å²) in [6.07, 6.45) is 0. The van der Waals surface area contributed by atoms with Crippen LogP contribution < -0.4 is 0 Å². The van der Waals surface area contributed by atoms with Crippen molar-refractivity contribution >= 4 is 0 Å². The Hall–Kier alpha value is -3.32. The van der Waals surface area contributed by atoms with Gasteiger partial charge in [-0.3, -0.25) is 0 Å². The first-order chi connectivity index (χ1) is 14.8. The molecular formula is C30H26O. The van der Waals surface area contributed by atoms with E-state index >= 15 is 0 Å². The molecule has 1 nitrogen and oxygen atoms in total. The van der Waals surface area contributed by atoms with E-state index in [1.54, 1.807) is 6.07 Å². The Morgan fingerprint density at radius 1 is 0.548 bits per heavy atom. The van der Waals surface area contributed by atoms with Gasteiger partial charge in [-0.05, 0) is 62.2 Å². The normalized spacial score (nSPS) is 16.4. The van der Waals surface area contributed by atoms with Crippen LogP contribution in [-0.2, 0) is 10.8 Å². The summed E-state index contributed by atoms with van der Waals surface area (Å²) in [5.74, 6) is 0.370. The lowest BCUT2D eigenvalue weighted by atomic mass is 9.77. The first-order valence-corrected chi connectivity index (χ1v) is 11.0. The minimum atomic E-state index is -0.143. The van der Waals surface area contributed by atoms with E-state index in [-0.39, 0.29) is 10.8 Å². The lowest BCUT2D eigenvalue weighted by Crippen LogP contribution is -2.17. The van der Waals surface area contributed by atoms with Gasteiger partial charge in [0.15, 0.2) is 0 Å². The zero-order valence-corrected chi connectivity index (χ0v) is 18.5. The van der Waals surface area contributed by atoms with E-state index < -0.39 is 0 Å². The highest BCUT2D eigenvalue weighted by molar-refractivity contribution is 5.91. The van der Waals surface area contributed by atoms with Crippen molar-refractivity contribution in [3.05, 3.63) is 101 Å². The summed E-state index contributed by atoms with van der Waals surface area (Å²) in [7, 11) is 0. The number of hydrogen-bond donors (Lipinski definition) is 1. The Labute approximate surface area is 184 Å². The predicted molar refractivity (Wildman–Crippen MR) is 129 cm³/mol. The summed E-state index contributed by atoms with van der Waals surface area (Å²) in [4.78, 5) is 0. The standard InChI is InChI=1S/C30H26O/c1-29(2)24-13-8-14-26(31)27(24)22-16-15-18(17-25(22)29)19-10-7-11-21-20-9-5-6-12-23(20)30(3,4)28(19)21/h5-17,31H,1-4H3. The molecule has 152 valence electrons. The van der Waals surface area contributed by atoms with Crippen LogP contribution in [0.2, 0.25) is 0 Å². The van der Waals surface area contributed by atoms with Gasteiger partial charge in [0.1, 0.15) is 5.75 Å². The van der Waals surface area contributed by atoms with Crippen molar-refractivity contribution in [2.24, 2.45) is 0 Å². The average molecular weight is 403 g/mol.